The van der Waals surface area contributed by atoms with Crippen LogP contribution >= 0.6 is 0 Å². The molecule has 1 fully saturated rings. The van der Waals surface area contributed by atoms with Gasteiger partial charge >= 0.3 is 0 Å². The Bertz CT molecular complexity index is 180. The molecule has 0 aromatic heterocycles. The van der Waals surface area contributed by atoms with E-state index in [4.69, 9.17) is 5.73 Å². The Morgan fingerprint density at radius 3 is 2.50 bits per heavy atom. The number of likely N-dealkylation sites (N-methyl/N-ethyl adjacent to an activating group) is 1. The second-order valence-corrected chi connectivity index (χ2v) is 5.05. The van der Waals surface area contributed by atoms with Crippen molar-refractivity contribution in [3.05, 3.63) is 0 Å². The minimum Gasteiger partial charge on any atom is -0.330 e. The first-order valence-electron chi connectivity index (χ1n) is 6.87. The fourth-order valence-electron chi connectivity index (χ4n) is 2.58. The van der Waals surface area contributed by atoms with Gasteiger partial charge in [-0.2, -0.15) is 0 Å². The predicted molar refractivity (Wildman–Crippen MR) is 70.6 cm³/mol. The SMILES string of the molecule is CCN(CC)CCN1CC(CN)CCC1C. The number of piperidine rings is 1. The number of hydrogen-bond acceptors (Lipinski definition) is 3. The molecule has 1 heterocycles. The molecule has 1 rings (SSSR count). The van der Waals surface area contributed by atoms with Crippen molar-refractivity contribution in [3.63, 3.8) is 0 Å². The molecule has 2 atom stereocenters. The van der Waals surface area contributed by atoms with Gasteiger partial charge in [0.1, 0.15) is 0 Å². The molecular formula is C13H29N3. The van der Waals surface area contributed by atoms with E-state index in [9.17, 15) is 0 Å². The van der Waals surface area contributed by atoms with E-state index < -0.39 is 0 Å². The molecule has 0 saturated carbocycles. The monoisotopic (exact) mass is 227 g/mol. The summed E-state index contributed by atoms with van der Waals surface area (Å²) in [6.07, 6.45) is 2.64. The highest BCUT2D eigenvalue weighted by molar-refractivity contribution is 4.79. The number of nitrogens with zero attached hydrogens (tertiary/aromatic N) is 2. The van der Waals surface area contributed by atoms with Gasteiger partial charge in [0.2, 0.25) is 0 Å². The minimum absolute atomic E-state index is 0.730. The summed E-state index contributed by atoms with van der Waals surface area (Å²) in [5.74, 6) is 0.730. The van der Waals surface area contributed by atoms with E-state index in [1.807, 2.05) is 0 Å². The number of likely N-dealkylation sites (tertiary alicyclic amines) is 1. The second kappa shape index (κ2) is 7.25. The topological polar surface area (TPSA) is 32.5 Å². The lowest BCUT2D eigenvalue weighted by Crippen LogP contribution is -2.46. The summed E-state index contributed by atoms with van der Waals surface area (Å²) in [5.41, 5.74) is 5.78. The Labute approximate surface area is 101 Å². The molecule has 0 spiro atoms. The highest BCUT2D eigenvalue weighted by atomic mass is 15.2. The van der Waals surface area contributed by atoms with E-state index in [0.717, 1.165) is 18.5 Å². The summed E-state index contributed by atoms with van der Waals surface area (Å²) in [5, 5.41) is 0. The molecule has 0 bridgehead atoms. The van der Waals surface area contributed by atoms with Crippen LogP contribution in [-0.2, 0) is 0 Å². The van der Waals surface area contributed by atoms with Crippen LogP contribution in [0.3, 0.4) is 0 Å². The van der Waals surface area contributed by atoms with Crippen LogP contribution in [0.2, 0.25) is 0 Å². The average Bonchev–Trinajstić information content (AvgIpc) is 2.32. The highest BCUT2D eigenvalue weighted by Crippen LogP contribution is 2.20. The lowest BCUT2D eigenvalue weighted by molar-refractivity contribution is 0.106. The van der Waals surface area contributed by atoms with Gasteiger partial charge in [0.05, 0.1) is 0 Å². The molecule has 1 aliphatic heterocycles. The summed E-state index contributed by atoms with van der Waals surface area (Å²) in [6.45, 7) is 13.6. The Hall–Kier alpha value is -0.120. The van der Waals surface area contributed by atoms with Crippen molar-refractivity contribution in [3.8, 4) is 0 Å². The summed E-state index contributed by atoms with van der Waals surface area (Å²) < 4.78 is 0. The minimum atomic E-state index is 0.730. The van der Waals surface area contributed by atoms with Crippen molar-refractivity contribution in [2.75, 3.05) is 39.3 Å². The lowest BCUT2D eigenvalue weighted by Gasteiger charge is -2.38. The van der Waals surface area contributed by atoms with Gasteiger partial charge in [-0.05, 0) is 45.3 Å². The standard InChI is InChI=1S/C13H29N3/c1-4-15(5-2)8-9-16-11-13(10-14)7-6-12(16)3/h12-13H,4-11,14H2,1-3H3. The van der Waals surface area contributed by atoms with E-state index in [1.54, 1.807) is 0 Å². The molecule has 2 N–H and O–H groups in total. The fraction of sp³-hybridized carbons (Fsp3) is 1.00. The molecule has 96 valence electrons. The van der Waals surface area contributed by atoms with Gasteiger partial charge in [-0.15, -0.1) is 0 Å². The van der Waals surface area contributed by atoms with Gasteiger partial charge in [0.25, 0.3) is 0 Å². The maximum Gasteiger partial charge on any atom is 0.0112 e. The molecule has 3 heteroatoms. The molecule has 1 aliphatic rings. The fourth-order valence-corrected chi connectivity index (χ4v) is 2.58. The van der Waals surface area contributed by atoms with E-state index in [2.05, 4.69) is 30.6 Å². The van der Waals surface area contributed by atoms with Gasteiger partial charge in [0.15, 0.2) is 0 Å². The third-order valence-corrected chi connectivity index (χ3v) is 4.04. The quantitative estimate of drug-likeness (QED) is 0.744. The van der Waals surface area contributed by atoms with Crippen molar-refractivity contribution >= 4 is 0 Å². The van der Waals surface area contributed by atoms with Crippen molar-refractivity contribution in [1.29, 1.82) is 0 Å². The zero-order valence-corrected chi connectivity index (χ0v) is 11.3. The largest absolute Gasteiger partial charge is 0.330 e. The van der Waals surface area contributed by atoms with E-state index >= 15 is 0 Å². The number of rotatable bonds is 6. The van der Waals surface area contributed by atoms with Crippen molar-refractivity contribution in [1.82, 2.24) is 9.80 Å². The highest BCUT2D eigenvalue weighted by Gasteiger charge is 2.24. The smallest absolute Gasteiger partial charge is 0.0112 e. The maximum absolute atomic E-state index is 5.78. The van der Waals surface area contributed by atoms with Gasteiger partial charge in [-0.1, -0.05) is 13.8 Å². The van der Waals surface area contributed by atoms with Crippen LogP contribution in [0.1, 0.15) is 33.6 Å². The van der Waals surface area contributed by atoms with Gasteiger partial charge in [-0.3, -0.25) is 4.90 Å². The molecular weight excluding hydrogens is 198 g/mol. The number of nitrogens with two attached hydrogens (primary N) is 1. The Kier molecular flexibility index (Phi) is 6.32. The van der Waals surface area contributed by atoms with Crippen LogP contribution in [0.25, 0.3) is 0 Å². The third kappa shape index (κ3) is 4.04. The van der Waals surface area contributed by atoms with E-state index in [1.165, 1.54) is 45.6 Å². The lowest BCUT2D eigenvalue weighted by atomic mass is 9.93. The molecule has 0 aromatic rings. The molecule has 0 aliphatic carbocycles. The molecule has 2 unspecified atom stereocenters. The zero-order valence-electron chi connectivity index (χ0n) is 11.3. The van der Waals surface area contributed by atoms with Crippen molar-refractivity contribution in [2.45, 2.75) is 39.7 Å². The third-order valence-electron chi connectivity index (χ3n) is 4.04. The maximum atomic E-state index is 5.78. The van der Waals surface area contributed by atoms with Crippen LogP contribution in [0.15, 0.2) is 0 Å². The summed E-state index contributed by atoms with van der Waals surface area (Å²) >= 11 is 0. The second-order valence-electron chi connectivity index (χ2n) is 5.05. The average molecular weight is 227 g/mol. The molecule has 0 aromatic carbocycles. The first kappa shape index (κ1) is 13.9. The van der Waals surface area contributed by atoms with Crippen LogP contribution in [0, 0.1) is 5.92 Å². The molecule has 1 saturated heterocycles. The van der Waals surface area contributed by atoms with Gasteiger partial charge < -0.3 is 10.6 Å². The predicted octanol–water partition coefficient (Wildman–Crippen LogP) is 1.39. The van der Waals surface area contributed by atoms with Crippen LogP contribution < -0.4 is 5.73 Å². The Morgan fingerprint density at radius 2 is 1.94 bits per heavy atom. The molecule has 0 amide bonds. The summed E-state index contributed by atoms with van der Waals surface area (Å²) in [6, 6.07) is 0.748. The first-order chi connectivity index (χ1) is 7.71. The molecule has 0 radical (unpaired) electrons. The van der Waals surface area contributed by atoms with E-state index in [-0.39, 0.29) is 0 Å². The normalized spacial score (nSPS) is 27.6. The van der Waals surface area contributed by atoms with Gasteiger partial charge in [-0.25, -0.2) is 0 Å². The number of hydrogen-bond donors (Lipinski definition) is 1. The molecule has 16 heavy (non-hydrogen) atoms. The Morgan fingerprint density at radius 1 is 1.25 bits per heavy atom. The molecule has 3 nitrogen and oxygen atoms in total. The van der Waals surface area contributed by atoms with Crippen LogP contribution in [0.4, 0.5) is 0 Å². The summed E-state index contributed by atoms with van der Waals surface area (Å²) in [7, 11) is 0. The van der Waals surface area contributed by atoms with Crippen molar-refractivity contribution < 1.29 is 0 Å². The van der Waals surface area contributed by atoms with Crippen LogP contribution in [0.5, 0.6) is 0 Å². The summed E-state index contributed by atoms with van der Waals surface area (Å²) in [4.78, 5) is 5.12. The van der Waals surface area contributed by atoms with Crippen molar-refractivity contribution in [2.24, 2.45) is 11.7 Å². The van der Waals surface area contributed by atoms with E-state index in [0.29, 0.717) is 0 Å². The first-order valence-corrected chi connectivity index (χ1v) is 6.87. The Balaban J connectivity index is 2.33. The zero-order chi connectivity index (χ0) is 12.0. The van der Waals surface area contributed by atoms with Crippen LogP contribution in [-0.4, -0.2) is 55.1 Å². The van der Waals surface area contributed by atoms with Gasteiger partial charge in [0, 0.05) is 25.7 Å².